The number of alkyl halides is 3. The van der Waals surface area contributed by atoms with Gasteiger partial charge >= 0.3 is 18.1 Å². The molecule has 0 saturated carbocycles. The van der Waals surface area contributed by atoms with Crippen LogP contribution in [0.1, 0.15) is 40.9 Å². The lowest BCUT2D eigenvalue weighted by atomic mass is 9.94. The monoisotopic (exact) mass is 598 g/mol. The molecule has 224 valence electrons. The van der Waals surface area contributed by atoms with Crippen molar-refractivity contribution in [1.29, 1.82) is 0 Å². The Bertz CT molecular complexity index is 1270. The van der Waals surface area contributed by atoms with Crippen LogP contribution in [-0.2, 0) is 28.5 Å². The first-order valence-corrected chi connectivity index (χ1v) is 12.3. The minimum Gasteiger partial charge on any atom is -0.504 e. The summed E-state index contributed by atoms with van der Waals surface area (Å²) in [7, 11) is 0. The number of halogens is 4. The Kier molecular flexibility index (Phi) is 13.6. The predicted octanol–water partition coefficient (Wildman–Crippen LogP) is 4.95. The van der Waals surface area contributed by atoms with Gasteiger partial charge in [-0.15, -0.1) is 12.4 Å². The highest BCUT2D eigenvalue weighted by molar-refractivity contribution is 5.89. The highest BCUT2D eigenvalue weighted by Crippen LogP contribution is 2.30. The molecule has 2 atom stereocenters. The standard InChI is InChI=1S/C19H20F3NO2.C10H13NO4.ClH/c1-14(12-15-6-5-9-17(13-15)19(20,21)22)23-10-11-25-18(24)16-7-3-2-4-8-16;1-10(11,9(14)15)5-6-2-3-7(12)8(13)4-6;/h2-9,13-14,23H,10-12H2,1H3;2-4,12-13H,5,11H2,1H3,(H,14,15);1H. The molecule has 0 aliphatic carbocycles. The maximum absolute atomic E-state index is 12.7. The second-order valence-electron chi connectivity index (χ2n) is 9.48. The first-order valence-electron chi connectivity index (χ1n) is 12.3. The fourth-order valence-electron chi connectivity index (χ4n) is 3.59. The van der Waals surface area contributed by atoms with Crippen LogP contribution in [0.4, 0.5) is 13.2 Å². The molecule has 0 saturated heterocycles. The molecule has 0 aromatic heterocycles. The molecule has 0 heterocycles. The van der Waals surface area contributed by atoms with Crippen LogP contribution < -0.4 is 11.1 Å². The van der Waals surface area contributed by atoms with Gasteiger partial charge in [-0.1, -0.05) is 42.5 Å². The molecule has 3 rings (SSSR count). The van der Waals surface area contributed by atoms with Gasteiger partial charge in [0.2, 0.25) is 0 Å². The van der Waals surface area contributed by atoms with E-state index in [1.807, 2.05) is 13.0 Å². The zero-order valence-corrected chi connectivity index (χ0v) is 23.3. The number of phenols is 2. The average molecular weight is 599 g/mol. The van der Waals surface area contributed by atoms with Gasteiger partial charge in [-0.05, 0) is 61.7 Å². The quantitative estimate of drug-likeness (QED) is 0.125. The Morgan fingerprint density at radius 2 is 1.61 bits per heavy atom. The van der Waals surface area contributed by atoms with Crippen LogP contribution in [0.2, 0.25) is 0 Å². The number of carbonyl (C=O) groups excluding carboxylic acids is 1. The van der Waals surface area contributed by atoms with Gasteiger partial charge in [0.25, 0.3) is 0 Å². The van der Waals surface area contributed by atoms with Crippen LogP contribution in [-0.4, -0.2) is 52.0 Å². The van der Waals surface area contributed by atoms with Crippen molar-refractivity contribution in [3.8, 4) is 11.5 Å². The number of nitrogens with two attached hydrogens (primary N) is 1. The van der Waals surface area contributed by atoms with Gasteiger partial charge < -0.3 is 31.1 Å². The van der Waals surface area contributed by atoms with E-state index in [0.717, 1.165) is 12.1 Å². The third kappa shape index (κ3) is 12.1. The molecule has 2 unspecified atom stereocenters. The number of esters is 1. The van der Waals surface area contributed by atoms with Gasteiger partial charge in [0.15, 0.2) is 11.5 Å². The Morgan fingerprint density at radius 1 is 0.951 bits per heavy atom. The fraction of sp³-hybridized carbons (Fsp3) is 0.310. The summed E-state index contributed by atoms with van der Waals surface area (Å²) in [5.74, 6) is -2.04. The SMILES string of the molecule is CC(Cc1cccc(C(F)(F)F)c1)NCCOC(=O)c1ccccc1.CC(N)(Cc1ccc(O)c(O)c1)C(=O)O.Cl. The van der Waals surface area contributed by atoms with E-state index in [-0.39, 0.29) is 43.0 Å². The Labute approximate surface area is 242 Å². The van der Waals surface area contributed by atoms with Crippen molar-refractivity contribution in [3.63, 3.8) is 0 Å². The number of aromatic hydroxyl groups is 2. The van der Waals surface area contributed by atoms with Gasteiger partial charge in [-0.3, -0.25) is 4.79 Å². The number of ether oxygens (including phenoxy) is 1. The number of phenolic OH excluding ortho intramolecular Hbond substituents is 2. The van der Waals surface area contributed by atoms with Crippen molar-refractivity contribution in [2.24, 2.45) is 5.73 Å². The van der Waals surface area contributed by atoms with Crippen LogP contribution in [0.5, 0.6) is 11.5 Å². The van der Waals surface area contributed by atoms with E-state index in [1.165, 1.54) is 31.2 Å². The topological polar surface area (TPSA) is 142 Å². The second kappa shape index (κ2) is 15.8. The van der Waals surface area contributed by atoms with Gasteiger partial charge in [-0.2, -0.15) is 13.2 Å². The van der Waals surface area contributed by atoms with Gasteiger partial charge in [0.05, 0.1) is 11.1 Å². The third-order valence-electron chi connectivity index (χ3n) is 5.73. The molecule has 0 amide bonds. The van der Waals surface area contributed by atoms with Crippen molar-refractivity contribution in [1.82, 2.24) is 5.32 Å². The lowest BCUT2D eigenvalue weighted by molar-refractivity contribution is -0.142. The van der Waals surface area contributed by atoms with Crippen LogP contribution in [0.3, 0.4) is 0 Å². The molecule has 0 aliphatic heterocycles. The number of aliphatic carboxylic acids is 1. The number of hydrogen-bond donors (Lipinski definition) is 5. The fourth-order valence-corrected chi connectivity index (χ4v) is 3.59. The highest BCUT2D eigenvalue weighted by Gasteiger charge is 2.30. The molecule has 0 spiro atoms. The van der Waals surface area contributed by atoms with E-state index in [4.69, 9.17) is 20.7 Å². The molecular weight excluding hydrogens is 565 g/mol. The van der Waals surface area contributed by atoms with Gasteiger partial charge in [0, 0.05) is 19.0 Å². The van der Waals surface area contributed by atoms with Crippen molar-refractivity contribution in [2.45, 2.75) is 44.4 Å². The summed E-state index contributed by atoms with van der Waals surface area (Å²) in [6, 6.07) is 18.0. The Balaban J connectivity index is 0.000000451. The van der Waals surface area contributed by atoms with E-state index < -0.39 is 29.2 Å². The molecule has 41 heavy (non-hydrogen) atoms. The maximum Gasteiger partial charge on any atom is 0.416 e. The third-order valence-corrected chi connectivity index (χ3v) is 5.73. The number of carboxylic acid groups (broad SMARTS) is 1. The van der Waals surface area contributed by atoms with Crippen LogP contribution in [0, 0.1) is 0 Å². The minimum absolute atomic E-state index is 0. The zero-order chi connectivity index (χ0) is 29.9. The number of hydrogen-bond acceptors (Lipinski definition) is 7. The summed E-state index contributed by atoms with van der Waals surface area (Å²) in [5, 5.41) is 30.2. The van der Waals surface area contributed by atoms with Gasteiger partial charge in [-0.25, -0.2) is 4.79 Å². The van der Waals surface area contributed by atoms with Crippen molar-refractivity contribution >= 4 is 24.3 Å². The number of carbonyl (C=O) groups is 2. The van der Waals surface area contributed by atoms with Crippen molar-refractivity contribution < 1.29 is 42.8 Å². The van der Waals surface area contributed by atoms with Crippen LogP contribution >= 0.6 is 12.4 Å². The summed E-state index contributed by atoms with van der Waals surface area (Å²) in [6.07, 6.45) is -3.80. The molecule has 12 heteroatoms. The summed E-state index contributed by atoms with van der Waals surface area (Å²) in [5.41, 5.74) is 5.15. The normalized spacial score (nSPS) is 13.0. The number of benzene rings is 3. The zero-order valence-electron chi connectivity index (χ0n) is 22.5. The molecule has 0 aliphatic rings. The summed E-state index contributed by atoms with van der Waals surface area (Å²) >= 11 is 0. The van der Waals surface area contributed by atoms with Gasteiger partial charge in [0.1, 0.15) is 12.1 Å². The van der Waals surface area contributed by atoms with E-state index in [1.54, 1.807) is 30.3 Å². The molecule has 0 radical (unpaired) electrons. The average Bonchev–Trinajstić information content (AvgIpc) is 2.89. The molecule has 0 fully saturated rings. The second-order valence-corrected chi connectivity index (χ2v) is 9.48. The Morgan fingerprint density at radius 3 is 2.20 bits per heavy atom. The number of nitrogens with one attached hydrogen (secondary N) is 1. The first kappa shape index (κ1) is 35.2. The summed E-state index contributed by atoms with van der Waals surface area (Å²) < 4.78 is 43.3. The highest BCUT2D eigenvalue weighted by atomic mass is 35.5. The minimum atomic E-state index is -4.34. The van der Waals surface area contributed by atoms with E-state index in [0.29, 0.717) is 29.7 Å². The van der Waals surface area contributed by atoms with Crippen LogP contribution in [0.15, 0.2) is 72.8 Å². The predicted molar refractivity (Wildman–Crippen MR) is 150 cm³/mol. The lowest BCUT2D eigenvalue weighted by Crippen LogP contribution is -2.46. The summed E-state index contributed by atoms with van der Waals surface area (Å²) in [4.78, 5) is 22.5. The number of rotatable bonds is 10. The molecule has 3 aromatic rings. The number of carboxylic acids is 1. The molecule has 0 bridgehead atoms. The first-order chi connectivity index (χ1) is 18.7. The molecule has 8 nitrogen and oxygen atoms in total. The van der Waals surface area contributed by atoms with E-state index >= 15 is 0 Å². The largest absolute Gasteiger partial charge is 0.504 e. The smallest absolute Gasteiger partial charge is 0.416 e. The summed E-state index contributed by atoms with van der Waals surface area (Å²) in [6.45, 7) is 3.89. The Hall–Kier alpha value is -3.80. The van der Waals surface area contributed by atoms with Crippen molar-refractivity contribution in [2.75, 3.05) is 13.2 Å². The van der Waals surface area contributed by atoms with Crippen LogP contribution in [0.25, 0.3) is 0 Å². The van der Waals surface area contributed by atoms with E-state index in [9.17, 15) is 27.9 Å². The molecular formula is C29H34ClF3N2O6. The van der Waals surface area contributed by atoms with Crippen molar-refractivity contribution in [3.05, 3.63) is 95.1 Å². The molecule has 3 aromatic carbocycles. The molecule has 6 N–H and O–H groups in total. The lowest BCUT2D eigenvalue weighted by Gasteiger charge is -2.19. The maximum atomic E-state index is 12.7. The van der Waals surface area contributed by atoms with E-state index in [2.05, 4.69) is 5.32 Å².